The first-order valence-electron chi connectivity index (χ1n) is 6.42. The Kier molecular flexibility index (Phi) is 4.94. The largest absolute Gasteiger partial charge is 0.480 e. The number of sulfonamides is 1. The smallest absolute Gasteiger partial charge is 0.318 e. The van der Waals surface area contributed by atoms with Gasteiger partial charge in [-0.25, -0.2) is 8.42 Å². The van der Waals surface area contributed by atoms with Gasteiger partial charge in [0, 0.05) is 6.54 Å². The Labute approximate surface area is 120 Å². The highest BCUT2D eigenvalue weighted by molar-refractivity contribution is 7.89. The Bertz CT molecular complexity index is 609. The zero-order valence-electron chi connectivity index (χ0n) is 12.5. The van der Waals surface area contributed by atoms with Gasteiger partial charge in [0.15, 0.2) is 0 Å². The normalized spacial score (nSPS) is 11.9. The molecular formula is C14H21NO4S. The first-order valence-corrected chi connectivity index (χ1v) is 7.86. The van der Waals surface area contributed by atoms with E-state index in [2.05, 4.69) is 0 Å². The van der Waals surface area contributed by atoms with Crippen molar-refractivity contribution in [3.8, 4) is 0 Å². The molecule has 0 aromatic heterocycles. The molecular weight excluding hydrogens is 278 g/mol. The maximum absolute atomic E-state index is 12.7. The maximum Gasteiger partial charge on any atom is 0.318 e. The van der Waals surface area contributed by atoms with Crippen molar-refractivity contribution in [1.82, 2.24) is 4.31 Å². The molecule has 0 aliphatic rings. The number of nitrogens with zero attached hydrogens (tertiary/aromatic N) is 1. The molecule has 0 aliphatic carbocycles. The van der Waals surface area contributed by atoms with Crippen LogP contribution in [0.2, 0.25) is 0 Å². The lowest BCUT2D eigenvalue weighted by molar-refractivity contribution is -0.137. The van der Waals surface area contributed by atoms with E-state index in [-0.39, 0.29) is 11.4 Å². The number of carbonyl (C=O) groups is 1. The SMILES string of the molecule is CCN(CC(=O)O)S(=O)(=O)c1c(C)c(C)cc(C)c1C. The van der Waals surface area contributed by atoms with Crippen molar-refractivity contribution in [1.29, 1.82) is 0 Å². The quantitative estimate of drug-likeness (QED) is 0.902. The fourth-order valence-electron chi connectivity index (χ4n) is 2.21. The third-order valence-electron chi connectivity index (χ3n) is 3.56. The van der Waals surface area contributed by atoms with E-state index in [1.165, 1.54) is 0 Å². The Balaban J connectivity index is 3.53. The second-order valence-electron chi connectivity index (χ2n) is 4.91. The highest BCUT2D eigenvalue weighted by Gasteiger charge is 2.29. The summed E-state index contributed by atoms with van der Waals surface area (Å²) in [5, 5.41) is 8.87. The van der Waals surface area contributed by atoms with Gasteiger partial charge in [-0.2, -0.15) is 4.31 Å². The number of carboxylic acid groups (broad SMARTS) is 1. The second kappa shape index (κ2) is 5.93. The van der Waals surface area contributed by atoms with Crippen LogP contribution in [0.1, 0.15) is 29.2 Å². The first-order chi connectivity index (χ1) is 9.12. The average Bonchev–Trinajstić information content (AvgIpc) is 2.33. The fourth-order valence-corrected chi connectivity index (χ4v) is 4.19. The van der Waals surface area contributed by atoms with Crippen LogP contribution in [0.4, 0.5) is 0 Å². The molecule has 0 spiro atoms. The van der Waals surface area contributed by atoms with Gasteiger partial charge in [0.2, 0.25) is 10.0 Å². The van der Waals surface area contributed by atoms with Crippen molar-refractivity contribution in [3.05, 3.63) is 28.3 Å². The third kappa shape index (κ3) is 3.02. The van der Waals surface area contributed by atoms with Crippen LogP contribution in [0.15, 0.2) is 11.0 Å². The van der Waals surface area contributed by atoms with Crippen LogP contribution in [0, 0.1) is 27.7 Å². The Hall–Kier alpha value is -1.40. The van der Waals surface area contributed by atoms with Crippen LogP contribution in [0.25, 0.3) is 0 Å². The van der Waals surface area contributed by atoms with Crippen LogP contribution in [-0.4, -0.2) is 36.9 Å². The minimum atomic E-state index is -3.80. The second-order valence-corrected chi connectivity index (χ2v) is 6.79. The summed E-state index contributed by atoms with van der Waals surface area (Å²) < 4.78 is 26.4. The fraction of sp³-hybridized carbons (Fsp3) is 0.500. The minimum Gasteiger partial charge on any atom is -0.480 e. The van der Waals surface area contributed by atoms with E-state index in [0.717, 1.165) is 15.4 Å². The number of carboxylic acids is 1. The molecule has 0 radical (unpaired) electrons. The van der Waals surface area contributed by atoms with Gasteiger partial charge in [0.25, 0.3) is 0 Å². The van der Waals surface area contributed by atoms with Gasteiger partial charge in [0.1, 0.15) is 6.54 Å². The standard InChI is InChI=1S/C14H21NO4S/c1-6-15(8-13(16)17)20(18,19)14-11(4)9(2)7-10(3)12(14)5/h7H,6,8H2,1-5H3,(H,16,17). The highest BCUT2D eigenvalue weighted by atomic mass is 32.2. The van der Waals surface area contributed by atoms with Crippen LogP contribution in [0.5, 0.6) is 0 Å². The molecule has 0 unspecified atom stereocenters. The van der Waals surface area contributed by atoms with Crippen LogP contribution in [-0.2, 0) is 14.8 Å². The average molecular weight is 299 g/mol. The summed E-state index contributed by atoms with van der Waals surface area (Å²) >= 11 is 0. The van der Waals surface area contributed by atoms with E-state index < -0.39 is 22.5 Å². The lowest BCUT2D eigenvalue weighted by Gasteiger charge is -2.22. The number of hydrogen-bond donors (Lipinski definition) is 1. The van der Waals surface area contributed by atoms with Crippen molar-refractivity contribution in [2.75, 3.05) is 13.1 Å². The summed E-state index contributed by atoms with van der Waals surface area (Å²) in [6, 6.07) is 1.94. The van der Waals surface area contributed by atoms with Gasteiger partial charge in [0.05, 0.1) is 4.90 Å². The summed E-state index contributed by atoms with van der Waals surface area (Å²) in [6.07, 6.45) is 0. The molecule has 1 N–H and O–H groups in total. The van der Waals surface area contributed by atoms with Gasteiger partial charge in [-0.15, -0.1) is 0 Å². The summed E-state index contributed by atoms with van der Waals surface area (Å²) in [6.45, 7) is 8.45. The Morgan fingerprint density at radius 3 is 1.95 bits per heavy atom. The number of aryl methyl sites for hydroxylation is 2. The number of hydrogen-bond acceptors (Lipinski definition) is 3. The molecule has 6 heteroatoms. The molecule has 0 amide bonds. The summed E-state index contributed by atoms with van der Waals surface area (Å²) in [7, 11) is -3.80. The molecule has 0 fully saturated rings. The number of benzene rings is 1. The Morgan fingerprint density at radius 2 is 1.60 bits per heavy atom. The molecule has 1 aromatic rings. The van der Waals surface area contributed by atoms with Gasteiger partial charge >= 0.3 is 5.97 Å². The molecule has 5 nitrogen and oxygen atoms in total. The topological polar surface area (TPSA) is 74.7 Å². The van der Waals surface area contributed by atoms with E-state index in [4.69, 9.17) is 5.11 Å². The van der Waals surface area contributed by atoms with E-state index >= 15 is 0 Å². The number of aliphatic carboxylic acids is 1. The molecule has 0 saturated carbocycles. The van der Waals surface area contributed by atoms with Gasteiger partial charge < -0.3 is 5.11 Å². The molecule has 1 aromatic carbocycles. The van der Waals surface area contributed by atoms with Crippen molar-refractivity contribution in [2.24, 2.45) is 0 Å². The predicted molar refractivity (Wildman–Crippen MR) is 77.5 cm³/mol. The van der Waals surface area contributed by atoms with E-state index in [1.807, 2.05) is 19.9 Å². The highest BCUT2D eigenvalue weighted by Crippen LogP contribution is 2.28. The lowest BCUT2D eigenvalue weighted by Crippen LogP contribution is -2.36. The van der Waals surface area contributed by atoms with Crippen molar-refractivity contribution < 1.29 is 18.3 Å². The summed E-state index contributed by atoms with van der Waals surface area (Å²) in [5.74, 6) is -1.16. The molecule has 0 atom stereocenters. The molecule has 0 saturated heterocycles. The van der Waals surface area contributed by atoms with Crippen LogP contribution < -0.4 is 0 Å². The molecule has 0 bridgehead atoms. The van der Waals surface area contributed by atoms with Crippen LogP contribution in [0.3, 0.4) is 0 Å². The zero-order valence-corrected chi connectivity index (χ0v) is 13.3. The van der Waals surface area contributed by atoms with E-state index in [1.54, 1.807) is 20.8 Å². The monoisotopic (exact) mass is 299 g/mol. The third-order valence-corrected chi connectivity index (χ3v) is 5.75. The molecule has 20 heavy (non-hydrogen) atoms. The first kappa shape index (κ1) is 16.7. The lowest BCUT2D eigenvalue weighted by atomic mass is 10.0. The molecule has 0 heterocycles. The molecule has 112 valence electrons. The minimum absolute atomic E-state index is 0.125. The van der Waals surface area contributed by atoms with Gasteiger partial charge in [-0.1, -0.05) is 13.0 Å². The van der Waals surface area contributed by atoms with Crippen LogP contribution >= 0.6 is 0 Å². The van der Waals surface area contributed by atoms with Crippen molar-refractivity contribution >= 4 is 16.0 Å². The predicted octanol–water partition coefficient (Wildman–Crippen LogP) is 2.02. The van der Waals surface area contributed by atoms with Gasteiger partial charge in [-0.3, -0.25) is 4.79 Å². The van der Waals surface area contributed by atoms with E-state index in [0.29, 0.717) is 11.1 Å². The molecule has 1 rings (SSSR count). The van der Waals surface area contributed by atoms with Crippen molar-refractivity contribution in [2.45, 2.75) is 39.5 Å². The van der Waals surface area contributed by atoms with Gasteiger partial charge in [-0.05, 0) is 49.9 Å². The summed E-state index contributed by atoms with van der Waals surface area (Å²) in [4.78, 5) is 11.1. The number of likely N-dealkylation sites (N-methyl/N-ethyl adjacent to an activating group) is 1. The Morgan fingerprint density at radius 1 is 1.15 bits per heavy atom. The summed E-state index contributed by atoms with van der Waals surface area (Å²) in [5.41, 5.74) is 3.13. The van der Waals surface area contributed by atoms with Crippen molar-refractivity contribution in [3.63, 3.8) is 0 Å². The zero-order chi connectivity index (χ0) is 15.7. The number of rotatable bonds is 5. The molecule has 0 aliphatic heterocycles. The van der Waals surface area contributed by atoms with E-state index in [9.17, 15) is 13.2 Å². The maximum atomic E-state index is 12.7.